The Morgan fingerprint density at radius 2 is 1.83 bits per heavy atom. The number of carbonyl (C=O) groups is 1. The monoisotopic (exact) mass is 752 g/mol. The van der Waals surface area contributed by atoms with E-state index in [2.05, 4.69) is 81.8 Å². The molecule has 1 fully saturated rings. The van der Waals surface area contributed by atoms with Crippen LogP contribution in [0.25, 0.3) is 11.3 Å². The third kappa shape index (κ3) is 8.68. The van der Waals surface area contributed by atoms with Gasteiger partial charge in [-0.05, 0) is 93.1 Å². The Labute approximate surface area is 322 Å². The molecular weight excluding hydrogens is 701 g/mol. The molecule has 286 valence electrons. The van der Waals surface area contributed by atoms with Crippen LogP contribution in [0.5, 0.6) is 11.5 Å². The number of piperidine rings is 1. The first-order valence-electron chi connectivity index (χ1n) is 19.2. The molecule has 1 aliphatic carbocycles. The van der Waals surface area contributed by atoms with Crippen molar-refractivity contribution in [2.75, 3.05) is 36.2 Å². The topological polar surface area (TPSA) is 121 Å². The van der Waals surface area contributed by atoms with Crippen LogP contribution in [0.2, 0.25) is 0 Å². The molecule has 4 aromatic heterocycles. The highest BCUT2D eigenvalue weighted by Crippen LogP contribution is 2.42. The van der Waals surface area contributed by atoms with Gasteiger partial charge >= 0.3 is 0 Å². The fraction of sp³-hybridized carbons (Fsp3) is 0.488. The predicted octanol–water partition coefficient (Wildman–Crippen LogP) is 8.47. The second-order valence-electron chi connectivity index (χ2n) is 15.4. The maximum atomic E-state index is 13.4. The Kier molecular flexibility index (Phi) is 11.7. The van der Waals surface area contributed by atoms with Crippen LogP contribution >= 0.6 is 12.0 Å². The number of nitrogens with zero attached hydrogens (tertiary/aromatic N) is 7. The number of ether oxygens (including phenoxy) is 2. The van der Waals surface area contributed by atoms with Gasteiger partial charge < -0.3 is 23.9 Å². The number of carbonyl (C=O) groups excluding carboxylic acids is 1. The van der Waals surface area contributed by atoms with Crippen LogP contribution in [-0.4, -0.2) is 67.3 Å². The maximum absolute atomic E-state index is 13.4. The molecule has 0 spiro atoms. The molecule has 3 atom stereocenters. The molecule has 0 radical (unpaired) electrons. The lowest BCUT2D eigenvalue weighted by Crippen LogP contribution is -2.38. The van der Waals surface area contributed by atoms with Crippen molar-refractivity contribution in [2.24, 2.45) is 0 Å². The molecule has 1 aliphatic heterocycles. The van der Waals surface area contributed by atoms with Crippen LogP contribution in [0.15, 0.2) is 67.1 Å². The molecule has 1 saturated heterocycles. The van der Waals surface area contributed by atoms with Crippen LogP contribution in [0.4, 0.5) is 11.8 Å². The van der Waals surface area contributed by atoms with Crippen molar-refractivity contribution >= 4 is 35.4 Å². The molecule has 0 saturated carbocycles. The molecule has 1 amide bonds. The smallest absolute Gasteiger partial charge is 0.232 e. The lowest BCUT2D eigenvalue weighted by molar-refractivity contribution is -0.116. The first-order valence-corrected chi connectivity index (χ1v) is 20.3. The number of pyridine rings is 2. The number of hydrogen-bond acceptors (Lipinski definition) is 10. The van der Waals surface area contributed by atoms with Crippen molar-refractivity contribution in [3.8, 4) is 17.2 Å². The average molecular weight is 753 g/mol. The SMILES string of the molecule is CSOCCOc1cncc(-n2nc(C(C)(C)C)cc2NC(=O)CCC[C@H]2CC[C@@H](Oc3ccc4nnc(N5CCCC[C@@H]5C)n4c3)c3ccccc32)c1. The summed E-state index contributed by atoms with van der Waals surface area (Å²) < 4.78 is 21.7. The lowest BCUT2D eigenvalue weighted by Gasteiger charge is -2.33. The molecule has 13 heteroatoms. The highest BCUT2D eigenvalue weighted by Gasteiger charge is 2.29. The van der Waals surface area contributed by atoms with E-state index in [0.29, 0.717) is 48.8 Å². The summed E-state index contributed by atoms with van der Waals surface area (Å²) >= 11 is 1.30. The summed E-state index contributed by atoms with van der Waals surface area (Å²) in [4.78, 5) is 20.2. The minimum absolute atomic E-state index is 0.0424. The summed E-state index contributed by atoms with van der Waals surface area (Å²) in [5.74, 6) is 3.23. The summed E-state index contributed by atoms with van der Waals surface area (Å²) in [5.41, 5.74) is 4.72. The van der Waals surface area contributed by atoms with Gasteiger partial charge in [0.1, 0.15) is 30.0 Å². The number of rotatable bonds is 14. The van der Waals surface area contributed by atoms with E-state index in [1.165, 1.54) is 42.4 Å². The average Bonchev–Trinajstić information content (AvgIpc) is 3.79. The number of benzene rings is 1. The molecular formula is C41H52N8O4S. The lowest BCUT2D eigenvalue weighted by atomic mass is 9.79. The van der Waals surface area contributed by atoms with E-state index in [4.69, 9.17) is 18.8 Å². The number of anilines is 2. The molecule has 1 N–H and O–H groups in total. The third-order valence-corrected chi connectivity index (χ3v) is 10.9. The van der Waals surface area contributed by atoms with E-state index in [1.54, 1.807) is 17.1 Å². The zero-order valence-corrected chi connectivity index (χ0v) is 32.8. The fourth-order valence-electron chi connectivity index (χ4n) is 7.57. The van der Waals surface area contributed by atoms with Crippen molar-refractivity contribution in [1.29, 1.82) is 0 Å². The van der Waals surface area contributed by atoms with Crippen LogP contribution in [-0.2, 0) is 14.4 Å². The van der Waals surface area contributed by atoms with Gasteiger partial charge in [-0.1, -0.05) is 45.0 Å². The zero-order chi connectivity index (χ0) is 37.7. The predicted molar refractivity (Wildman–Crippen MR) is 213 cm³/mol. The summed E-state index contributed by atoms with van der Waals surface area (Å²) in [6, 6.07) is 16.9. The second-order valence-corrected chi connectivity index (χ2v) is 15.9. The molecule has 12 nitrogen and oxygen atoms in total. The van der Waals surface area contributed by atoms with Gasteiger partial charge in [-0.25, -0.2) is 4.68 Å². The molecule has 7 rings (SSSR count). The summed E-state index contributed by atoms with van der Waals surface area (Å²) in [6.07, 6.45) is 14.8. The first kappa shape index (κ1) is 37.7. The van der Waals surface area contributed by atoms with Gasteiger partial charge in [0, 0.05) is 42.8 Å². The van der Waals surface area contributed by atoms with Crippen molar-refractivity contribution in [1.82, 2.24) is 29.4 Å². The van der Waals surface area contributed by atoms with Crippen molar-refractivity contribution in [3.05, 3.63) is 83.9 Å². The van der Waals surface area contributed by atoms with Crippen LogP contribution < -0.4 is 19.7 Å². The van der Waals surface area contributed by atoms with Crippen molar-refractivity contribution in [3.63, 3.8) is 0 Å². The highest BCUT2D eigenvalue weighted by molar-refractivity contribution is 7.93. The number of fused-ring (bicyclic) bond motifs is 2. The molecule has 54 heavy (non-hydrogen) atoms. The normalized spacial score (nSPS) is 18.8. The Balaban J connectivity index is 0.990. The first-order chi connectivity index (χ1) is 26.2. The molecule has 5 heterocycles. The van der Waals surface area contributed by atoms with E-state index < -0.39 is 0 Å². The fourth-order valence-corrected chi connectivity index (χ4v) is 7.81. The van der Waals surface area contributed by atoms with E-state index >= 15 is 0 Å². The second kappa shape index (κ2) is 16.8. The minimum atomic E-state index is -0.213. The van der Waals surface area contributed by atoms with Gasteiger partial charge in [-0.2, -0.15) is 5.10 Å². The number of hydrogen-bond donors (Lipinski definition) is 1. The van der Waals surface area contributed by atoms with E-state index in [0.717, 1.165) is 55.3 Å². The van der Waals surface area contributed by atoms with Crippen LogP contribution in [0.1, 0.15) is 108 Å². The summed E-state index contributed by atoms with van der Waals surface area (Å²) in [5, 5.41) is 17.0. The Bertz CT molecular complexity index is 2040. The standard InChI is InChI=1S/C41H52N8O4S/c1-28-11-8-9-20-47(28)40-45-44-37-19-17-31(27-48(37)40)53-35-18-16-29(33-13-6-7-14-34(33)35)12-10-15-39(50)43-38-24-36(41(2,3)4)46-49(38)30-23-32(26-42-25-30)51-21-22-52-54-5/h6-7,13-14,17,19,23-29,35H,8-12,15-16,18,20-22H2,1-5H3,(H,43,50)/t28-,29-,35+/m0/s1. The van der Waals surface area contributed by atoms with Gasteiger partial charge in [0.2, 0.25) is 11.9 Å². The van der Waals surface area contributed by atoms with Gasteiger partial charge in [-0.3, -0.25) is 14.2 Å². The van der Waals surface area contributed by atoms with Gasteiger partial charge in [0.15, 0.2) is 5.65 Å². The van der Waals surface area contributed by atoms with Crippen LogP contribution in [0.3, 0.4) is 0 Å². The van der Waals surface area contributed by atoms with Crippen molar-refractivity contribution < 1.29 is 18.5 Å². The largest absolute Gasteiger partial charge is 0.489 e. The van der Waals surface area contributed by atoms with Crippen LogP contribution in [0, 0.1) is 0 Å². The third-order valence-electron chi connectivity index (χ3n) is 10.5. The molecule has 2 aliphatic rings. The molecule has 0 unspecified atom stereocenters. The van der Waals surface area contributed by atoms with Gasteiger partial charge in [0.25, 0.3) is 0 Å². The summed E-state index contributed by atoms with van der Waals surface area (Å²) in [7, 11) is 0. The van der Waals surface area contributed by atoms with Gasteiger partial charge in [-0.15, -0.1) is 10.2 Å². The van der Waals surface area contributed by atoms with Gasteiger partial charge in [0.05, 0.1) is 36.6 Å². The zero-order valence-electron chi connectivity index (χ0n) is 32.0. The van der Waals surface area contributed by atoms with Crippen molar-refractivity contribution in [2.45, 2.75) is 103 Å². The molecule has 1 aromatic carbocycles. The Morgan fingerprint density at radius 1 is 0.981 bits per heavy atom. The molecule has 5 aromatic rings. The van der Waals surface area contributed by atoms with E-state index in [1.807, 2.05) is 36.7 Å². The Hall–Kier alpha value is -4.62. The minimum Gasteiger partial charge on any atom is -0.489 e. The number of nitrogens with one attached hydrogen (secondary N) is 1. The van der Waals surface area contributed by atoms with E-state index in [9.17, 15) is 4.79 Å². The summed E-state index contributed by atoms with van der Waals surface area (Å²) in [6.45, 7) is 10.4. The Morgan fingerprint density at radius 3 is 2.65 bits per heavy atom. The highest BCUT2D eigenvalue weighted by atomic mass is 32.2. The van der Waals surface area contributed by atoms with E-state index in [-0.39, 0.29) is 17.4 Å². The molecule has 0 bridgehead atoms. The maximum Gasteiger partial charge on any atom is 0.232 e. The number of aromatic nitrogens is 6. The quantitative estimate of drug-likeness (QED) is 0.0874. The number of amides is 1.